The number of benzene rings is 1. The Hall–Kier alpha value is -2.09. The molecule has 1 aliphatic heterocycles. The van der Waals surface area contributed by atoms with Crippen molar-refractivity contribution in [1.29, 1.82) is 0 Å². The summed E-state index contributed by atoms with van der Waals surface area (Å²) in [5.41, 5.74) is 1.77. The lowest BCUT2D eigenvalue weighted by atomic mass is 10.1. The largest absolute Gasteiger partial charge is 0.357 e. The first-order chi connectivity index (χ1) is 12.3. The van der Waals surface area contributed by atoms with Crippen molar-refractivity contribution in [3.63, 3.8) is 0 Å². The summed E-state index contributed by atoms with van der Waals surface area (Å²) < 4.78 is 23.2. The number of rotatable bonds is 6. The number of carbonyl (C=O) groups excluding carboxylic acids is 1. The van der Waals surface area contributed by atoms with E-state index >= 15 is 0 Å². The van der Waals surface area contributed by atoms with E-state index in [0.717, 1.165) is 11.3 Å². The molecular weight excluding hydrogens is 352 g/mol. The number of guanidine groups is 1. The van der Waals surface area contributed by atoms with Crippen molar-refractivity contribution in [2.24, 2.45) is 10.9 Å². The van der Waals surface area contributed by atoms with Gasteiger partial charge in [-0.3, -0.25) is 4.79 Å². The van der Waals surface area contributed by atoms with Crippen LogP contribution in [0.1, 0.15) is 32.8 Å². The van der Waals surface area contributed by atoms with Crippen LogP contribution in [0, 0.1) is 5.92 Å². The maximum absolute atomic E-state index is 11.7. The molecular formula is C18H28N4O3S. The van der Waals surface area contributed by atoms with Crippen molar-refractivity contribution in [3.05, 3.63) is 29.8 Å². The number of hydrogen-bond acceptors (Lipinski definition) is 4. The SMILES string of the molecule is CCNC(=NCc1ccc(NC(=O)C(C)C)cc1)NC1CCS(=O)(=O)C1. The van der Waals surface area contributed by atoms with Gasteiger partial charge in [0.1, 0.15) is 0 Å². The molecule has 144 valence electrons. The summed E-state index contributed by atoms with van der Waals surface area (Å²) >= 11 is 0. The molecule has 0 aliphatic carbocycles. The van der Waals surface area contributed by atoms with Gasteiger partial charge >= 0.3 is 0 Å². The summed E-state index contributed by atoms with van der Waals surface area (Å²) in [4.78, 5) is 16.2. The van der Waals surface area contributed by atoms with Gasteiger partial charge in [-0.05, 0) is 31.0 Å². The first-order valence-electron chi connectivity index (χ1n) is 8.94. The number of sulfone groups is 1. The average Bonchev–Trinajstić information content (AvgIpc) is 2.92. The second-order valence-electron chi connectivity index (χ2n) is 6.78. The quantitative estimate of drug-likeness (QED) is 0.513. The Morgan fingerprint density at radius 3 is 2.50 bits per heavy atom. The maximum atomic E-state index is 11.7. The topological polar surface area (TPSA) is 99.7 Å². The Balaban J connectivity index is 1.95. The van der Waals surface area contributed by atoms with Crippen LogP contribution in [-0.2, 0) is 21.2 Å². The Bertz CT molecular complexity index is 742. The predicted octanol–water partition coefficient (Wildman–Crippen LogP) is 1.52. The molecule has 2 rings (SSSR count). The van der Waals surface area contributed by atoms with E-state index in [0.29, 0.717) is 25.5 Å². The van der Waals surface area contributed by atoms with E-state index in [1.807, 2.05) is 45.0 Å². The monoisotopic (exact) mass is 380 g/mol. The summed E-state index contributed by atoms with van der Waals surface area (Å²) in [6, 6.07) is 7.46. The summed E-state index contributed by atoms with van der Waals surface area (Å²) in [5, 5.41) is 9.19. The van der Waals surface area contributed by atoms with Crippen LogP contribution in [0.5, 0.6) is 0 Å². The zero-order valence-electron chi connectivity index (χ0n) is 15.6. The van der Waals surface area contributed by atoms with E-state index in [9.17, 15) is 13.2 Å². The van der Waals surface area contributed by atoms with Crippen LogP contribution in [-0.4, -0.2) is 44.4 Å². The van der Waals surface area contributed by atoms with Gasteiger partial charge in [0.05, 0.1) is 18.1 Å². The van der Waals surface area contributed by atoms with Gasteiger partial charge < -0.3 is 16.0 Å². The number of amides is 1. The summed E-state index contributed by atoms with van der Waals surface area (Å²) in [5.74, 6) is 0.926. The zero-order valence-corrected chi connectivity index (χ0v) is 16.4. The maximum Gasteiger partial charge on any atom is 0.226 e. The van der Waals surface area contributed by atoms with Gasteiger partial charge in [0.25, 0.3) is 0 Å². The van der Waals surface area contributed by atoms with Gasteiger partial charge in [0, 0.05) is 24.2 Å². The highest BCUT2D eigenvalue weighted by atomic mass is 32.2. The third-order valence-corrected chi connectivity index (χ3v) is 5.85. The van der Waals surface area contributed by atoms with E-state index in [2.05, 4.69) is 20.9 Å². The minimum Gasteiger partial charge on any atom is -0.357 e. The van der Waals surface area contributed by atoms with Crippen molar-refractivity contribution in [3.8, 4) is 0 Å². The van der Waals surface area contributed by atoms with Crippen LogP contribution in [0.3, 0.4) is 0 Å². The molecule has 3 N–H and O–H groups in total. The lowest BCUT2D eigenvalue weighted by molar-refractivity contribution is -0.118. The molecule has 1 aromatic rings. The third-order valence-electron chi connectivity index (χ3n) is 4.08. The molecule has 1 atom stereocenters. The fourth-order valence-electron chi connectivity index (χ4n) is 2.57. The molecule has 0 aromatic heterocycles. The van der Waals surface area contributed by atoms with Gasteiger partial charge in [-0.1, -0.05) is 26.0 Å². The lowest BCUT2D eigenvalue weighted by Crippen LogP contribution is -2.44. The van der Waals surface area contributed by atoms with E-state index < -0.39 is 9.84 Å². The normalized spacial score (nSPS) is 19.4. The minimum atomic E-state index is -2.92. The number of anilines is 1. The van der Waals surface area contributed by atoms with E-state index in [1.54, 1.807) is 0 Å². The second kappa shape index (κ2) is 9.02. The van der Waals surface area contributed by atoms with Crippen LogP contribution in [0.4, 0.5) is 5.69 Å². The standard InChI is InChI=1S/C18H28N4O3S/c1-4-19-18(22-16-9-10-26(24,25)12-16)20-11-14-5-7-15(8-6-14)21-17(23)13(2)3/h5-8,13,16H,4,9-12H2,1-3H3,(H,21,23)(H2,19,20,22). The molecule has 1 heterocycles. The molecule has 1 aliphatic rings. The molecule has 0 bridgehead atoms. The number of nitrogens with one attached hydrogen (secondary N) is 3. The number of hydrogen-bond donors (Lipinski definition) is 3. The summed E-state index contributed by atoms with van der Waals surface area (Å²) in [6.07, 6.45) is 0.608. The molecule has 1 saturated heterocycles. The average molecular weight is 381 g/mol. The number of nitrogens with zero attached hydrogens (tertiary/aromatic N) is 1. The Kier molecular flexibility index (Phi) is 7.02. The van der Waals surface area contributed by atoms with Crippen molar-refractivity contribution in [2.75, 3.05) is 23.4 Å². The molecule has 1 unspecified atom stereocenters. The molecule has 0 radical (unpaired) electrons. The van der Waals surface area contributed by atoms with Crippen molar-refractivity contribution in [2.45, 2.75) is 39.8 Å². The lowest BCUT2D eigenvalue weighted by Gasteiger charge is -2.15. The van der Waals surface area contributed by atoms with Crippen molar-refractivity contribution in [1.82, 2.24) is 10.6 Å². The van der Waals surface area contributed by atoms with E-state index in [-0.39, 0.29) is 29.4 Å². The van der Waals surface area contributed by atoms with E-state index in [4.69, 9.17) is 0 Å². The van der Waals surface area contributed by atoms with Crippen LogP contribution < -0.4 is 16.0 Å². The molecule has 7 nitrogen and oxygen atoms in total. The van der Waals surface area contributed by atoms with Gasteiger partial charge in [-0.15, -0.1) is 0 Å². The van der Waals surface area contributed by atoms with Crippen LogP contribution >= 0.6 is 0 Å². The van der Waals surface area contributed by atoms with Crippen molar-refractivity contribution >= 4 is 27.4 Å². The number of carbonyl (C=O) groups is 1. The summed E-state index contributed by atoms with van der Waals surface area (Å²) in [7, 11) is -2.92. The highest BCUT2D eigenvalue weighted by Crippen LogP contribution is 2.13. The molecule has 8 heteroatoms. The minimum absolute atomic E-state index is 0.0130. The van der Waals surface area contributed by atoms with Crippen LogP contribution in [0.2, 0.25) is 0 Å². The first-order valence-corrected chi connectivity index (χ1v) is 10.8. The van der Waals surface area contributed by atoms with Crippen LogP contribution in [0.25, 0.3) is 0 Å². The Morgan fingerprint density at radius 1 is 1.27 bits per heavy atom. The molecule has 1 amide bonds. The molecule has 26 heavy (non-hydrogen) atoms. The first kappa shape index (κ1) is 20.2. The molecule has 1 aromatic carbocycles. The molecule has 1 fully saturated rings. The molecule has 0 saturated carbocycles. The zero-order chi connectivity index (χ0) is 19.2. The Labute approximate surface area is 155 Å². The van der Waals surface area contributed by atoms with Crippen molar-refractivity contribution < 1.29 is 13.2 Å². The molecule has 0 spiro atoms. The summed E-state index contributed by atoms with van der Waals surface area (Å²) in [6.45, 7) is 6.83. The van der Waals surface area contributed by atoms with E-state index in [1.165, 1.54) is 0 Å². The van der Waals surface area contributed by atoms with Gasteiger partial charge in [-0.2, -0.15) is 0 Å². The fraction of sp³-hybridized carbons (Fsp3) is 0.556. The highest BCUT2D eigenvalue weighted by Gasteiger charge is 2.28. The fourth-order valence-corrected chi connectivity index (χ4v) is 4.25. The van der Waals surface area contributed by atoms with Gasteiger partial charge in [0.2, 0.25) is 5.91 Å². The third kappa shape index (κ3) is 6.33. The van der Waals surface area contributed by atoms with Crippen LogP contribution in [0.15, 0.2) is 29.3 Å². The predicted molar refractivity (Wildman–Crippen MR) is 105 cm³/mol. The highest BCUT2D eigenvalue weighted by molar-refractivity contribution is 7.91. The second-order valence-corrected chi connectivity index (χ2v) is 9.01. The van der Waals surface area contributed by atoms with Gasteiger partial charge in [-0.25, -0.2) is 13.4 Å². The Morgan fingerprint density at radius 2 is 1.96 bits per heavy atom. The smallest absolute Gasteiger partial charge is 0.226 e. The van der Waals surface area contributed by atoms with Gasteiger partial charge in [0.15, 0.2) is 15.8 Å². The number of aliphatic imine (C=N–C) groups is 1.